The van der Waals surface area contributed by atoms with Crippen LogP contribution in [0.5, 0.6) is 0 Å². The van der Waals surface area contributed by atoms with E-state index in [0.717, 1.165) is 5.56 Å². The monoisotopic (exact) mass is 357 g/mol. The maximum Gasteiger partial charge on any atom is 0.269 e. The van der Waals surface area contributed by atoms with Gasteiger partial charge in [-0.3, -0.25) is 24.6 Å². The first kappa shape index (κ1) is 17.0. The number of carbonyl (C=O) groups is 2. The number of nitrogens with zero attached hydrogens (tertiary/aromatic N) is 2. The molecule has 25 heavy (non-hydrogen) atoms. The first-order chi connectivity index (χ1) is 12.0. The van der Waals surface area contributed by atoms with Crippen molar-refractivity contribution >= 4 is 40.6 Å². The Morgan fingerprint density at radius 2 is 1.84 bits per heavy atom. The minimum atomic E-state index is -0.449. The lowest BCUT2D eigenvalue weighted by atomic mass is 10.1. The molecular formula is C17H15N3O4S. The SMILES string of the molecule is CC(=O)Nc1ccc(N2C(=O)CS[C@H]2c2ccc([N+](=O)[O-])cc2)cc1. The molecule has 0 bridgehead atoms. The Morgan fingerprint density at radius 3 is 2.40 bits per heavy atom. The topological polar surface area (TPSA) is 92.6 Å². The van der Waals surface area contributed by atoms with Crippen LogP contribution in [0.3, 0.4) is 0 Å². The molecule has 1 fully saturated rings. The van der Waals surface area contributed by atoms with Crippen LogP contribution in [0, 0.1) is 10.1 Å². The second kappa shape index (κ2) is 6.94. The maximum absolute atomic E-state index is 12.3. The molecule has 1 saturated heterocycles. The van der Waals surface area contributed by atoms with Gasteiger partial charge in [-0.2, -0.15) is 0 Å². The summed E-state index contributed by atoms with van der Waals surface area (Å²) >= 11 is 1.47. The minimum Gasteiger partial charge on any atom is -0.326 e. The highest BCUT2D eigenvalue weighted by atomic mass is 32.2. The molecule has 3 rings (SSSR count). The molecule has 1 heterocycles. The average Bonchev–Trinajstić information content (AvgIpc) is 2.97. The molecule has 0 spiro atoms. The van der Waals surface area contributed by atoms with Crippen molar-refractivity contribution < 1.29 is 14.5 Å². The van der Waals surface area contributed by atoms with E-state index in [0.29, 0.717) is 17.1 Å². The fourth-order valence-electron chi connectivity index (χ4n) is 2.62. The van der Waals surface area contributed by atoms with Crippen molar-refractivity contribution in [2.24, 2.45) is 0 Å². The van der Waals surface area contributed by atoms with Gasteiger partial charge in [-0.1, -0.05) is 0 Å². The maximum atomic E-state index is 12.3. The molecule has 0 aromatic heterocycles. The van der Waals surface area contributed by atoms with Gasteiger partial charge in [-0.25, -0.2) is 0 Å². The van der Waals surface area contributed by atoms with Gasteiger partial charge in [0.05, 0.1) is 10.7 Å². The third-order valence-electron chi connectivity index (χ3n) is 3.72. The normalized spacial score (nSPS) is 16.8. The van der Waals surface area contributed by atoms with E-state index in [9.17, 15) is 19.7 Å². The molecule has 1 aliphatic rings. The summed E-state index contributed by atoms with van der Waals surface area (Å²) in [5.74, 6) is 0.152. The zero-order valence-electron chi connectivity index (χ0n) is 13.3. The molecule has 8 heteroatoms. The van der Waals surface area contributed by atoms with E-state index in [1.807, 2.05) is 0 Å². The lowest BCUT2D eigenvalue weighted by Gasteiger charge is -2.24. The van der Waals surface area contributed by atoms with Gasteiger partial charge in [0.2, 0.25) is 11.8 Å². The number of nitro groups is 1. The number of rotatable bonds is 4. The molecule has 0 unspecified atom stereocenters. The van der Waals surface area contributed by atoms with Crippen molar-refractivity contribution in [3.63, 3.8) is 0 Å². The van der Waals surface area contributed by atoms with E-state index >= 15 is 0 Å². The van der Waals surface area contributed by atoms with Gasteiger partial charge in [-0.15, -0.1) is 11.8 Å². The van der Waals surface area contributed by atoms with Gasteiger partial charge in [0.1, 0.15) is 5.37 Å². The predicted octanol–water partition coefficient (Wildman–Crippen LogP) is 3.33. The molecule has 1 aliphatic heterocycles. The van der Waals surface area contributed by atoms with E-state index in [-0.39, 0.29) is 22.9 Å². The minimum absolute atomic E-state index is 0.0179. The summed E-state index contributed by atoms with van der Waals surface area (Å²) in [5.41, 5.74) is 2.21. The summed E-state index contributed by atoms with van der Waals surface area (Å²) in [7, 11) is 0. The second-order valence-corrected chi connectivity index (χ2v) is 6.57. The molecule has 2 aromatic rings. The zero-order valence-corrected chi connectivity index (χ0v) is 14.2. The number of benzene rings is 2. The van der Waals surface area contributed by atoms with Gasteiger partial charge >= 0.3 is 0 Å². The molecule has 1 atom stereocenters. The molecule has 2 amide bonds. The number of amides is 2. The van der Waals surface area contributed by atoms with E-state index < -0.39 is 4.92 Å². The summed E-state index contributed by atoms with van der Waals surface area (Å²) in [6.45, 7) is 1.43. The fourth-order valence-corrected chi connectivity index (χ4v) is 3.80. The number of nitrogens with one attached hydrogen (secondary N) is 1. The summed E-state index contributed by atoms with van der Waals surface area (Å²) in [6.07, 6.45) is 0. The number of anilines is 2. The third kappa shape index (κ3) is 3.63. The van der Waals surface area contributed by atoms with Crippen LogP contribution in [-0.2, 0) is 9.59 Å². The van der Waals surface area contributed by atoms with Crippen LogP contribution in [0.25, 0.3) is 0 Å². The van der Waals surface area contributed by atoms with Crippen molar-refractivity contribution in [1.82, 2.24) is 0 Å². The van der Waals surface area contributed by atoms with Crippen LogP contribution in [-0.4, -0.2) is 22.5 Å². The van der Waals surface area contributed by atoms with E-state index in [1.54, 1.807) is 41.3 Å². The largest absolute Gasteiger partial charge is 0.326 e. The molecule has 1 N–H and O–H groups in total. The van der Waals surface area contributed by atoms with Gasteiger partial charge in [-0.05, 0) is 42.0 Å². The number of carbonyl (C=O) groups excluding carboxylic acids is 2. The van der Waals surface area contributed by atoms with Gasteiger partial charge in [0.15, 0.2) is 0 Å². The predicted molar refractivity (Wildman–Crippen MR) is 96.5 cm³/mol. The van der Waals surface area contributed by atoms with Crippen molar-refractivity contribution in [1.29, 1.82) is 0 Å². The first-order valence-corrected chi connectivity index (χ1v) is 8.56. The third-order valence-corrected chi connectivity index (χ3v) is 4.94. The number of hydrogen-bond donors (Lipinski definition) is 1. The van der Waals surface area contributed by atoms with E-state index in [2.05, 4.69) is 5.32 Å². The average molecular weight is 357 g/mol. The number of hydrogen-bond acceptors (Lipinski definition) is 5. The van der Waals surface area contributed by atoms with E-state index in [1.165, 1.54) is 30.8 Å². The smallest absolute Gasteiger partial charge is 0.269 e. The summed E-state index contributed by atoms with van der Waals surface area (Å²) < 4.78 is 0. The fraction of sp³-hybridized carbons (Fsp3) is 0.176. The summed E-state index contributed by atoms with van der Waals surface area (Å²) in [6, 6.07) is 13.2. The Labute approximate surface area is 148 Å². The highest BCUT2D eigenvalue weighted by Gasteiger charge is 2.34. The molecular weight excluding hydrogens is 342 g/mol. The van der Waals surface area contributed by atoms with Crippen LogP contribution < -0.4 is 10.2 Å². The van der Waals surface area contributed by atoms with Crippen LogP contribution in [0.1, 0.15) is 17.9 Å². The lowest BCUT2D eigenvalue weighted by Crippen LogP contribution is -2.27. The molecule has 0 aliphatic carbocycles. The van der Waals surface area contributed by atoms with Crippen molar-refractivity contribution in [2.45, 2.75) is 12.3 Å². The lowest BCUT2D eigenvalue weighted by molar-refractivity contribution is -0.384. The van der Waals surface area contributed by atoms with Gasteiger partial charge in [0.25, 0.3) is 5.69 Å². The van der Waals surface area contributed by atoms with Crippen LogP contribution >= 0.6 is 11.8 Å². The van der Waals surface area contributed by atoms with Gasteiger partial charge < -0.3 is 5.32 Å². The molecule has 0 saturated carbocycles. The summed E-state index contributed by atoms with van der Waals surface area (Å²) in [4.78, 5) is 35.4. The van der Waals surface area contributed by atoms with Crippen LogP contribution in [0.4, 0.5) is 17.1 Å². The Morgan fingerprint density at radius 1 is 1.20 bits per heavy atom. The molecule has 2 aromatic carbocycles. The highest BCUT2D eigenvalue weighted by molar-refractivity contribution is 8.00. The highest BCUT2D eigenvalue weighted by Crippen LogP contribution is 2.42. The standard InChI is InChI=1S/C17H15N3O4S/c1-11(21)18-13-4-8-14(9-5-13)19-16(22)10-25-17(19)12-2-6-15(7-3-12)20(23)24/h2-9,17H,10H2,1H3,(H,18,21)/t17-/m0/s1. The first-order valence-electron chi connectivity index (χ1n) is 7.51. The van der Waals surface area contributed by atoms with Crippen molar-refractivity contribution in [3.05, 3.63) is 64.2 Å². The van der Waals surface area contributed by atoms with Crippen LogP contribution in [0.2, 0.25) is 0 Å². The summed E-state index contributed by atoms with van der Waals surface area (Å²) in [5, 5.41) is 13.2. The molecule has 7 nitrogen and oxygen atoms in total. The Kier molecular flexibility index (Phi) is 4.71. The van der Waals surface area contributed by atoms with Crippen molar-refractivity contribution in [3.8, 4) is 0 Å². The zero-order chi connectivity index (χ0) is 18.0. The molecule has 0 radical (unpaired) electrons. The van der Waals surface area contributed by atoms with Crippen molar-refractivity contribution in [2.75, 3.05) is 16.0 Å². The quantitative estimate of drug-likeness (QED) is 0.669. The Bertz CT molecular complexity index is 821. The number of non-ortho nitro benzene ring substituents is 1. The Balaban J connectivity index is 1.86. The number of thioether (sulfide) groups is 1. The Hall–Kier alpha value is -2.87. The van der Waals surface area contributed by atoms with E-state index in [4.69, 9.17) is 0 Å². The second-order valence-electron chi connectivity index (χ2n) is 5.50. The van der Waals surface area contributed by atoms with Gasteiger partial charge in [0, 0.05) is 30.4 Å². The van der Waals surface area contributed by atoms with Crippen LogP contribution in [0.15, 0.2) is 48.5 Å². The molecule has 128 valence electrons. The number of nitro benzene ring substituents is 1.